The fourth-order valence-corrected chi connectivity index (χ4v) is 3.47. The molecule has 2 aliphatic rings. The van der Waals surface area contributed by atoms with Crippen molar-refractivity contribution in [3.63, 3.8) is 0 Å². The maximum atomic E-state index is 9.76. The summed E-state index contributed by atoms with van der Waals surface area (Å²) >= 11 is 0. The van der Waals surface area contributed by atoms with Crippen LogP contribution in [0.1, 0.15) is 31.2 Å². The van der Waals surface area contributed by atoms with Crippen LogP contribution in [0.15, 0.2) is 12.4 Å². The van der Waals surface area contributed by atoms with Crippen molar-refractivity contribution in [1.82, 2.24) is 14.7 Å². The molecule has 3 heterocycles. The molecule has 2 atom stereocenters. The highest BCUT2D eigenvalue weighted by molar-refractivity contribution is 5.05. The number of rotatable bonds is 3. The van der Waals surface area contributed by atoms with Crippen molar-refractivity contribution in [2.75, 3.05) is 6.54 Å². The smallest absolute Gasteiger partial charge is 0.0570 e. The third kappa shape index (κ3) is 2.24. The standard InChI is InChI=1S/C13H21N3O/c1-15-9-10(8-14-15)4-5-16-11-2-3-12(16)7-13(17)6-11/h8-9,11-13,17H,2-7H2,1H3. The molecule has 4 heteroatoms. The van der Waals surface area contributed by atoms with Crippen LogP contribution in [0.25, 0.3) is 0 Å². The second-order valence-corrected chi connectivity index (χ2v) is 5.52. The Kier molecular flexibility index (Phi) is 2.92. The van der Waals surface area contributed by atoms with E-state index >= 15 is 0 Å². The fraction of sp³-hybridized carbons (Fsp3) is 0.769. The van der Waals surface area contributed by atoms with E-state index in [0.717, 1.165) is 25.8 Å². The number of fused-ring (bicyclic) bond motifs is 2. The maximum absolute atomic E-state index is 9.76. The van der Waals surface area contributed by atoms with Crippen LogP contribution in [0.3, 0.4) is 0 Å². The highest BCUT2D eigenvalue weighted by atomic mass is 16.3. The number of hydrogen-bond donors (Lipinski definition) is 1. The zero-order valence-electron chi connectivity index (χ0n) is 10.4. The van der Waals surface area contributed by atoms with Gasteiger partial charge in [0.05, 0.1) is 12.3 Å². The Labute approximate surface area is 102 Å². The second-order valence-electron chi connectivity index (χ2n) is 5.52. The van der Waals surface area contributed by atoms with Gasteiger partial charge in [-0.15, -0.1) is 0 Å². The van der Waals surface area contributed by atoms with E-state index in [4.69, 9.17) is 0 Å². The Bertz CT molecular complexity index is 376. The van der Waals surface area contributed by atoms with Gasteiger partial charge in [0, 0.05) is 31.9 Å². The first-order valence-corrected chi connectivity index (χ1v) is 6.63. The first-order chi connectivity index (χ1) is 8.22. The zero-order chi connectivity index (χ0) is 11.8. The monoisotopic (exact) mass is 235 g/mol. The lowest BCUT2D eigenvalue weighted by Gasteiger charge is -2.37. The van der Waals surface area contributed by atoms with Gasteiger partial charge < -0.3 is 5.11 Å². The molecule has 0 spiro atoms. The first kappa shape index (κ1) is 11.2. The molecule has 1 aromatic rings. The van der Waals surface area contributed by atoms with E-state index in [2.05, 4.69) is 16.2 Å². The number of aliphatic hydroxyl groups excluding tert-OH is 1. The quantitative estimate of drug-likeness (QED) is 0.848. The predicted octanol–water partition coefficient (Wildman–Crippen LogP) is 0.950. The van der Waals surface area contributed by atoms with Gasteiger partial charge in [0.2, 0.25) is 0 Å². The van der Waals surface area contributed by atoms with Crippen molar-refractivity contribution in [2.24, 2.45) is 7.05 Å². The zero-order valence-corrected chi connectivity index (χ0v) is 10.4. The summed E-state index contributed by atoms with van der Waals surface area (Å²) < 4.78 is 1.86. The molecule has 2 fully saturated rings. The summed E-state index contributed by atoms with van der Waals surface area (Å²) in [5.74, 6) is 0. The van der Waals surface area contributed by atoms with E-state index in [1.807, 2.05) is 17.9 Å². The minimum Gasteiger partial charge on any atom is -0.393 e. The molecule has 0 aromatic carbocycles. The van der Waals surface area contributed by atoms with E-state index in [1.54, 1.807) is 0 Å². The molecule has 3 rings (SSSR count). The Balaban J connectivity index is 1.59. The van der Waals surface area contributed by atoms with Gasteiger partial charge in [-0.1, -0.05) is 0 Å². The Morgan fingerprint density at radius 1 is 1.35 bits per heavy atom. The number of hydrogen-bond acceptors (Lipinski definition) is 3. The van der Waals surface area contributed by atoms with Crippen LogP contribution in [0.4, 0.5) is 0 Å². The first-order valence-electron chi connectivity index (χ1n) is 6.63. The SMILES string of the molecule is Cn1cc(CCN2C3CCC2CC(O)C3)cn1. The topological polar surface area (TPSA) is 41.3 Å². The number of nitrogens with zero attached hydrogens (tertiary/aromatic N) is 3. The Hall–Kier alpha value is -0.870. The minimum absolute atomic E-state index is 0.0536. The molecule has 0 saturated carbocycles. The van der Waals surface area contributed by atoms with Crippen LogP contribution in [0, 0.1) is 0 Å². The van der Waals surface area contributed by atoms with Crippen LogP contribution >= 0.6 is 0 Å². The van der Waals surface area contributed by atoms with Crippen LogP contribution < -0.4 is 0 Å². The van der Waals surface area contributed by atoms with Gasteiger partial charge in [-0.2, -0.15) is 5.10 Å². The van der Waals surface area contributed by atoms with Crippen molar-refractivity contribution < 1.29 is 5.11 Å². The van der Waals surface area contributed by atoms with Crippen molar-refractivity contribution in [1.29, 1.82) is 0 Å². The van der Waals surface area contributed by atoms with Crippen LogP contribution in [0.5, 0.6) is 0 Å². The molecule has 4 nitrogen and oxygen atoms in total. The van der Waals surface area contributed by atoms with Gasteiger partial charge >= 0.3 is 0 Å². The number of aromatic nitrogens is 2. The van der Waals surface area contributed by atoms with E-state index < -0.39 is 0 Å². The highest BCUT2D eigenvalue weighted by Gasteiger charge is 2.39. The van der Waals surface area contributed by atoms with Gasteiger partial charge in [0.1, 0.15) is 0 Å². The molecule has 2 saturated heterocycles. The van der Waals surface area contributed by atoms with Crippen molar-refractivity contribution in [3.8, 4) is 0 Å². The highest BCUT2D eigenvalue weighted by Crippen LogP contribution is 2.35. The Morgan fingerprint density at radius 3 is 2.65 bits per heavy atom. The third-order valence-electron chi connectivity index (χ3n) is 4.28. The number of piperidine rings is 1. The Morgan fingerprint density at radius 2 is 2.06 bits per heavy atom. The van der Waals surface area contributed by atoms with Crippen molar-refractivity contribution in [2.45, 2.75) is 50.3 Å². The molecular formula is C13H21N3O. The van der Waals surface area contributed by atoms with E-state index in [-0.39, 0.29) is 6.10 Å². The number of aryl methyl sites for hydroxylation is 1. The fourth-order valence-electron chi connectivity index (χ4n) is 3.47. The second kappa shape index (κ2) is 4.42. The molecule has 2 unspecified atom stereocenters. The summed E-state index contributed by atoms with van der Waals surface area (Å²) in [5, 5.41) is 14.0. The molecule has 2 aliphatic heterocycles. The van der Waals surface area contributed by atoms with Gasteiger partial charge in [-0.05, 0) is 37.7 Å². The minimum atomic E-state index is -0.0536. The molecule has 94 valence electrons. The summed E-state index contributed by atoms with van der Waals surface area (Å²) in [4.78, 5) is 2.61. The van der Waals surface area contributed by atoms with Crippen LogP contribution in [-0.2, 0) is 13.5 Å². The largest absolute Gasteiger partial charge is 0.393 e. The predicted molar refractivity (Wildman–Crippen MR) is 65.7 cm³/mol. The normalized spacial score (nSPS) is 33.2. The van der Waals surface area contributed by atoms with E-state index in [9.17, 15) is 5.11 Å². The maximum Gasteiger partial charge on any atom is 0.0570 e. The van der Waals surface area contributed by atoms with E-state index in [0.29, 0.717) is 12.1 Å². The summed E-state index contributed by atoms with van der Waals surface area (Å²) in [6.07, 6.45) is 9.58. The van der Waals surface area contributed by atoms with Gasteiger partial charge in [0.15, 0.2) is 0 Å². The molecule has 17 heavy (non-hydrogen) atoms. The molecule has 0 aliphatic carbocycles. The average Bonchev–Trinajstić information content (AvgIpc) is 2.79. The van der Waals surface area contributed by atoms with Gasteiger partial charge in [0.25, 0.3) is 0 Å². The van der Waals surface area contributed by atoms with Gasteiger partial charge in [-0.25, -0.2) is 0 Å². The lowest BCUT2D eigenvalue weighted by Crippen LogP contribution is -2.45. The lowest BCUT2D eigenvalue weighted by molar-refractivity contribution is 0.0362. The average molecular weight is 235 g/mol. The molecule has 0 radical (unpaired) electrons. The molecule has 1 aromatic heterocycles. The molecular weight excluding hydrogens is 214 g/mol. The summed E-state index contributed by atoms with van der Waals surface area (Å²) in [6.45, 7) is 1.12. The van der Waals surface area contributed by atoms with E-state index in [1.165, 1.54) is 18.4 Å². The summed E-state index contributed by atoms with van der Waals surface area (Å²) in [7, 11) is 1.96. The van der Waals surface area contributed by atoms with Crippen molar-refractivity contribution >= 4 is 0 Å². The van der Waals surface area contributed by atoms with Crippen LogP contribution in [-0.4, -0.2) is 44.5 Å². The molecule has 2 bridgehead atoms. The molecule has 1 N–H and O–H groups in total. The lowest BCUT2D eigenvalue weighted by atomic mass is 9.99. The molecule has 0 amide bonds. The van der Waals surface area contributed by atoms with Gasteiger partial charge in [-0.3, -0.25) is 9.58 Å². The summed E-state index contributed by atoms with van der Waals surface area (Å²) in [6, 6.07) is 1.25. The van der Waals surface area contributed by atoms with Crippen molar-refractivity contribution in [3.05, 3.63) is 18.0 Å². The summed E-state index contributed by atoms with van der Waals surface area (Å²) in [5.41, 5.74) is 1.32. The van der Waals surface area contributed by atoms with Crippen LogP contribution in [0.2, 0.25) is 0 Å². The third-order valence-corrected chi connectivity index (χ3v) is 4.28. The number of aliphatic hydroxyl groups is 1.